The van der Waals surface area contributed by atoms with E-state index < -0.39 is 23.8 Å². The number of carbonyl (C=O) groups excluding carboxylic acids is 2. The van der Waals surface area contributed by atoms with E-state index in [1.165, 1.54) is 31.2 Å². The predicted octanol–water partition coefficient (Wildman–Crippen LogP) is 3.39. The highest BCUT2D eigenvalue weighted by molar-refractivity contribution is 5.96. The van der Waals surface area contributed by atoms with E-state index in [9.17, 15) is 14.0 Å². The maximum Gasteiger partial charge on any atom is 0.344 e. The number of esters is 1. The smallest absolute Gasteiger partial charge is 0.344 e. The van der Waals surface area contributed by atoms with Crippen molar-refractivity contribution in [3.63, 3.8) is 0 Å². The Morgan fingerprint density at radius 1 is 1.08 bits per heavy atom. The van der Waals surface area contributed by atoms with Gasteiger partial charge in [-0.05, 0) is 56.2 Å². The lowest BCUT2D eigenvalue weighted by molar-refractivity contribution is -0.155. The van der Waals surface area contributed by atoms with Crippen molar-refractivity contribution in [3.8, 4) is 5.75 Å². The van der Waals surface area contributed by atoms with Gasteiger partial charge in [0.25, 0.3) is 5.91 Å². The number of hydrogen-bond donors (Lipinski definition) is 1. The number of ether oxygens (including phenoxy) is 2. The Kier molecular flexibility index (Phi) is 6.11. The Bertz CT molecular complexity index is 738. The van der Waals surface area contributed by atoms with Crippen molar-refractivity contribution in [1.29, 1.82) is 0 Å². The van der Waals surface area contributed by atoms with E-state index in [-0.39, 0.29) is 6.61 Å². The van der Waals surface area contributed by atoms with Crippen LogP contribution in [0, 0.1) is 19.7 Å². The van der Waals surface area contributed by atoms with Gasteiger partial charge >= 0.3 is 5.97 Å². The first-order valence-corrected chi connectivity index (χ1v) is 7.81. The van der Waals surface area contributed by atoms with E-state index in [1.807, 2.05) is 32.0 Å². The molecule has 5 nitrogen and oxygen atoms in total. The van der Waals surface area contributed by atoms with Crippen LogP contribution >= 0.6 is 0 Å². The third kappa shape index (κ3) is 5.31. The van der Waals surface area contributed by atoms with Crippen molar-refractivity contribution in [1.82, 2.24) is 0 Å². The molecule has 2 aromatic carbocycles. The van der Waals surface area contributed by atoms with Crippen LogP contribution in [0.25, 0.3) is 0 Å². The zero-order chi connectivity index (χ0) is 18.4. The average molecular weight is 345 g/mol. The highest BCUT2D eigenvalue weighted by Crippen LogP contribution is 2.19. The molecule has 0 aromatic heterocycles. The molecular weight excluding hydrogens is 325 g/mol. The molecule has 2 aromatic rings. The van der Waals surface area contributed by atoms with Gasteiger partial charge in [0.05, 0.1) is 0 Å². The van der Waals surface area contributed by atoms with Gasteiger partial charge in [0.2, 0.25) is 0 Å². The second-order valence-electron chi connectivity index (χ2n) is 5.63. The molecule has 132 valence electrons. The number of nitrogens with one attached hydrogen (secondary N) is 1. The molecule has 0 aliphatic rings. The fraction of sp³-hybridized carbons (Fsp3) is 0.263. The molecule has 0 bridgehead atoms. The Morgan fingerprint density at radius 2 is 1.68 bits per heavy atom. The van der Waals surface area contributed by atoms with E-state index in [4.69, 9.17) is 9.47 Å². The van der Waals surface area contributed by atoms with Crippen molar-refractivity contribution in [2.75, 3.05) is 11.9 Å². The molecular formula is C19H20FNO4. The minimum absolute atomic E-state index is 0.339. The summed E-state index contributed by atoms with van der Waals surface area (Å²) in [6.07, 6.45) is -0.969. The van der Waals surface area contributed by atoms with E-state index in [1.54, 1.807) is 0 Å². The van der Waals surface area contributed by atoms with Gasteiger partial charge in [-0.25, -0.2) is 9.18 Å². The summed E-state index contributed by atoms with van der Waals surface area (Å²) in [5, 5.41) is 2.76. The SMILES string of the molecule is Cc1cccc(C)c1NC(=O)[C@@H](C)OC(=O)COc1ccc(F)cc1. The third-order valence-corrected chi connectivity index (χ3v) is 3.58. The number of hydrogen-bond acceptors (Lipinski definition) is 4. The fourth-order valence-corrected chi connectivity index (χ4v) is 2.19. The highest BCUT2D eigenvalue weighted by atomic mass is 19.1. The van der Waals surface area contributed by atoms with E-state index >= 15 is 0 Å². The number of para-hydroxylation sites is 1. The number of halogens is 1. The third-order valence-electron chi connectivity index (χ3n) is 3.58. The maximum atomic E-state index is 12.8. The predicted molar refractivity (Wildman–Crippen MR) is 92.0 cm³/mol. The van der Waals surface area contributed by atoms with Gasteiger partial charge in [-0.3, -0.25) is 4.79 Å². The maximum absolute atomic E-state index is 12.8. The number of aryl methyl sites for hydroxylation is 2. The average Bonchev–Trinajstić information content (AvgIpc) is 2.57. The molecule has 0 aliphatic heterocycles. The van der Waals surface area contributed by atoms with Crippen LogP contribution in [0.4, 0.5) is 10.1 Å². The second-order valence-corrected chi connectivity index (χ2v) is 5.63. The van der Waals surface area contributed by atoms with Crippen molar-refractivity contribution in [2.24, 2.45) is 0 Å². The molecule has 0 heterocycles. The first-order chi connectivity index (χ1) is 11.9. The number of anilines is 1. The monoisotopic (exact) mass is 345 g/mol. The Morgan fingerprint density at radius 3 is 2.28 bits per heavy atom. The molecule has 1 atom stereocenters. The van der Waals surface area contributed by atoms with E-state index in [0.29, 0.717) is 11.4 Å². The molecule has 0 radical (unpaired) electrons. The fourth-order valence-electron chi connectivity index (χ4n) is 2.19. The molecule has 0 spiro atoms. The topological polar surface area (TPSA) is 64.6 Å². The van der Waals surface area contributed by atoms with Gasteiger partial charge in [-0.1, -0.05) is 18.2 Å². The number of amides is 1. The summed E-state index contributed by atoms with van der Waals surface area (Å²) < 4.78 is 23.0. The van der Waals surface area contributed by atoms with Crippen LogP contribution in [0.3, 0.4) is 0 Å². The van der Waals surface area contributed by atoms with Gasteiger partial charge in [0.15, 0.2) is 12.7 Å². The highest BCUT2D eigenvalue weighted by Gasteiger charge is 2.19. The van der Waals surface area contributed by atoms with Crippen molar-refractivity contribution >= 4 is 17.6 Å². The van der Waals surface area contributed by atoms with E-state index in [2.05, 4.69) is 5.32 Å². The minimum Gasteiger partial charge on any atom is -0.482 e. The molecule has 1 N–H and O–H groups in total. The quantitative estimate of drug-likeness (QED) is 0.815. The van der Waals surface area contributed by atoms with Gasteiger partial charge in [-0.15, -0.1) is 0 Å². The lowest BCUT2D eigenvalue weighted by Gasteiger charge is -2.16. The van der Waals surface area contributed by atoms with Gasteiger partial charge in [0.1, 0.15) is 11.6 Å². The standard InChI is InChI=1S/C19H20FNO4/c1-12-5-4-6-13(2)18(12)21-19(23)14(3)25-17(22)11-24-16-9-7-15(20)8-10-16/h4-10,14H,11H2,1-3H3,(H,21,23)/t14-/m1/s1. The van der Waals surface area contributed by atoms with Gasteiger partial charge in [-0.2, -0.15) is 0 Å². The zero-order valence-corrected chi connectivity index (χ0v) is 14.3. The summed E-state index contributed by atoms with van der Waals surface area (Å²) in [5.41, 5.74) is 2.55. The summed E-state index contributed by atoms with van der Waals surface area (Å²) in [6, 6.07) is 10.9. The van der Waals surface area contributed by atoms with Gasteiger partial charge < -0.3 is 14.8 Å². The first kappa shape index (κ1) is 18.4. The van der Waals surface area contributed by atoms with Crippen LogP contribution in [-0.2, 0) is 14.3 Å². The number of rotatable bonds is 6. The zero-order valence-electron chi connectivity index (χ0n) is 14.3. The van der Waals surface area contributed by atoms with Crippen LogP contribution in [0.5, 0.6) is 5.75 Å². The minimum atomic E-state index is -0.969. The molecule has 0 saturated heterocycles. The van der Waals surface area contributed by atoms with Crippen LogP contribution in [0.1, 0.15) is 18.1 Å². The summed E-state index contributed by atoms with van der Waals surface area (Å²) in [6.45, 7) is 4.89. The van der Waals surface area contributed by atoms with Gasteiger partial charge in [0, 0.05) is 5.69 Å². The summed E-state index contributed by atoms with van der Waals surface area (Å²) in [4.78, 5) is 24.0. The van der Waals surface area contributed by atoms with E-state index in [0.717, 1.165) is 11.1 Å². The molecule has 1 amide bonds. The van der Waals surface area contributed by atoms with Crippen molar-refractivity contribution in [3.05, 3.63) is 59.4 Å². The molecule has 0 unspecified atom stereocenters. The Hall–Kier alpha value is -2.89. The molecule has 0 saturated carbocycles. The Balaban J connectivity index is 1.85. The Labute approximate surface area is 145 Å². The lowest BCUT2D eigenvalue weighted by Crippen LogP contribution is -2.32. The molecule has 25 heavy (non-hydrogen) atoms. The van der Waals surface area contributed by atoms with Crippen LogP contribution in [-0.4, -0.2) is 24.6 Å². The van der Waals surface area contributed by atoms with Crippen LogP contribution in [0.15, 0.2) is 42.5 Å². The second kappa shape index (κ2) is 8.28. The van der Waals surface area contributed by atoms with Crippen LogP contribution in [0.2, 0.25) is 0 Å². The van der Waals surface area contributed by atoms with Crippen molar-refractivity contribution in [2.45, 2.75) is 26.9 Å². The summed E-state index contributed by atoms with van der Waals surface area (Å²) >= 11 is 0. The molecule has 0 aliphatic carbocycles. The van der Waals surface area contributed by atoms with Crippen LogP contribution < -0.4 is 10.1 Å². The largest absolute Gasteiger partial charge is 0.482 e. The summed E-state index contributed by atoms with van der Waals surface area (Å²) in [5.74, 6) is -1.17. The van der Waals surface area contributed by atoms with Crippen molar-refractivity contribution < 1.29 is 23.5 Å². The number of carbonyl (C=O) groups is 2. The lowest BCUT2D eigenvalue weighted by atomic mass is 10.1. The number of benzene rings is 2. The normalized spacial score (nSPS) is 11.5. The molecule has 0 fully saturated rings. The summed E-state index contributed by atoms with van der Waals surface area (Å²) in [7, 11) is 0. The first-order valence-electron chi connectivity index (χ1n) is 7.81. The molecule has 6 heteroatoms. The molecule has 2 rings (SSSR count).